The fraction of sp³-hybridized carbons (Fsp3) is 0.812. The maximum Gasteiger partial charge on any atom is 0.308 e. The van der Waals surface area contributed by atoms with Crippen molar-refractivity contribution in [1.29, 1.82) is 0 Å². The van der Waals surface area contributed by atoms with Crippen LogP contribution in [0.1, 0.15) is 39.5 Å². The van der Waals surface area contributed by atoms with Crippen LogP contribution in [-0.4, -0.2) is 62.6 Å². The predicted molar refractivity (Wildman–Crippen MR) is 90.2 cm³/mol. The highest BCUT2D eigenvalue weighted by molar-refractivity contribution is 5.82. The number of ether oxygens (including phenoxy) is 1. The van der Waals surface area contributed by atoms with E-state index in [-0.39, 0.29) is 23.8 Å². The summed E-state index contributed by atoms with van der Waals surface area (Å²) in [6.07, 6.45) is 2.88. The van der Waals surface area contributed by atoms with Crippen molar-refractivity contribution in [3.63, 3.8) is 0 Å². The molecule has 0 saturated carbocycles. The highest BCUT2D eigenvalue weighted by Crippen LogP contribution is 2.18. The average molecular weight is 326 g/mol. The lowest BCUT2D eigenvalue weighted by Gasteiger charge is -2.33. The van der Waals surface area contributed by atoms with E-state index in [0.29, 0.717) is 13.0 Å². The maximum atomic E-state index is 11.8. The number of likely N-dealkylation sites (tertiary alicyclic amines) is 1. The first-order chi connectivity index (χ1) is 11.0. The van der Waals surface area contributed by atoms with E-state index in [1.807, 2.05) is 13.8 Å². The molecule has 132 valence electrons. The summed E-state index contributed by atoms with van der Waals surface area (Å²) in [5, 5.41) is 6.16. The van der Waals surface area contributed by atoms with Gasteiger partial charge >= 0.3 is 5.97 Å². The number of nitrogens with one attached hydrogen (secondary N) is 2. The summed E-state index contributed by atoms with van der Waals surface area (Å²) in [4.78, 5) is 29.7. The van der Waals surface area contributed by atoms with E-state index < -0.39 is 0 Å². The van der Waals surface area contributed by atoms with Crippen molar-refractivity contribution in [3.8, 4) is 0 Å². The van der Waals surface area contributed by atoms with E-state index in [0.717, 1.165) is 38.3 Å². The molecule has 1 saturated heterocycles. The number of carbonyl (C=O) groups excluding carboxylic acids is 2. The van der Waals surface area contributed by atoms with Gasteiger partial charge < -0.3 is 20.3 Å². The summed E-state index contributed by atoms with van der Waals surface area (Å²) < 4.78 is 4.80. The molecule has 1 aliphatic heterocycles. The number of hydrogen-bond donors (Lipinski definition) is 2. The lowest BCUT2D eigenvalue weighted by Crippen LogP contribution is -2.47. The Kier molecular flexibility index (Phi) is 8.43. The fourth-order valence-corrected chi connectivity index (χ4v) is 2.56. The number of rotatable bonds is 6. The molecule has 2 N–H and O–H groups in total. The summed E-state index contributed by atoms with van der Waals surface area (Å²) in [6, 6.07) is 0.208. The zero-order valence-corrected chi connectivity index (χ0v) is 14.7. The van der Waals surface area contributed by atoms with Crippen LogP contribution in [0.4, 0.5) is 0 Å². The van der Waals surface area contributed by atoms with Gasteiger partial charge in [0.25, 0.3) is 0 Å². The molecular weight excluding hydrogens is 296 g/mol. The molecule has 0 aromatic carbocycles. The van der Waals surface area contributed by atoms with Gasteiger partial charge in [-0.15, -0.1) is 0 Å². The van der Waals surface area contributed by atoms with Gasteiger partial charge in [-0.25, -0.2) is 0 Å². The molecule has 1 rings (SSSR count). The van der Waals surface area contributed by atoms with Gasteiger partial charge in [0, 0.05) is 39.1 Å². The van der Waals surface area contributed by atoms with E-state index in [1.165, 1.54) is 7.11 Å². The Labute approximate surface area is 138 Å². The number of methoxy groups -OCH3 is 1. The van der Waals surface area contributed by atoms with Gasteiger partial charge in [0.15, 0.2) is 5.96 Å². The minimum absolute atomic E-state index is 0.0179. The van der Waals surface area contributed by atoms with Crippen molar-refractivity contribution < 1.29 is 14.3 Å². The molecule has 1 aliphatic rings. The third-order valence-electron chi connectivity index (χ3n) is 4.20. The Balaban J connectivity index is 2.33. The Morgan fingerprint density at radius 2 is 2.00 bits per heavy atom. The molecule has 1 heterocycles. The van der Waals surface area contributed by atoms with Crippen LogP contribution in [0.25, 0.3) is 0 Å². The Bertz CT molecular complexity index is 418. The topological polar surface area (TPSA) is 83.0 Å². The zero-order valence-electron chi connectivity index (χ0n) is 14.7. The minimum Gasteiger partial charge on any atom is -0.469 e. The first-order valence-corrected chi connectivity index (χ1v) is 8.34. The minimum atomic E-state index is -0.130. The molecule has 7 nitrogen and oxygen atoms in total. The van der Waals surface area contributed by atoms with Crippen LogP contribution in [0.5, 0.6) is 0 Å². The molecular formula is C16H30N4O3. The number of guanidine groups is 1. The molecule has 1 atom stereocenters. The van der Waals surface area contributed by atoms with E-state index in [1.54, 1.807) is 7.05 Å². The van der Waals surface area contributed by atoms with Gasteiger partial charge in [0.05, 0.1) is 13.0 Å². The summed E-state index contributed by atoms with van der Waals surface area (Å²) in [6.45, 7) is 6.11. The molecule has 1 amide bonds. The van der Waals surface area contributed by atoms with Gasteiger partial charge in [-0.1, -0.05) is 6.92 Å². The summed E-state index contributed by atoms with van der Waals surface area (Å²) in [7, 11) is 3.16. The molecule has 0 aromatic heterocycles. The molecule has 1 unspecified atom stereocenters. The number of amides is 1. The largest absolute Gasteiger partial charge is 0.469 e. The van der Waals surface area contributed by atoms with Gasteiger partial charge in [-0.2, -0.15) is 0 Å². The lowest BCUT2D eigenvalue weighted by molar-refractivity contribution is -0.146. The fourth-order valence-electron chi connectivity index (χ4n) is 2.56. The second-order valence-corrected chi connectivity index (χ2v) is 5.89. The number of esters is 1. The van der Waals surface area contributed by atoms with Crippen molar-refractivity contribution >= 4 is 17.8 Å². The van der Waals surface area contributed by atoms with E-state index in [2.05, 4.69) is 20.5 Å². The highest BCUT2D eigenvalue weighted by Gasteiger charge is 2.26. The van der Waals surface area contributed by atoms with Crippen molar-refractivity contribution in [2.75, 3.05) is 33.8 Å². The quantitative estimate of drug-likeness (QED) is 0.428. The maximum absolute atomic E-state index is 11.8. The SMILES string of the molecule is CCC(C)NC(=O)CCNC(=NC)N1CCC(C(=O)OC)CC1. The Hall–Kier alpha value is -1.79. The van der Waals surface area contributed by atoms with E-state index in [9.17, 15) is 9.59 Å². The van der Waals surface area contributed by atoms with Gasteiger partial charge in [0.1, 0.15) is 0 Å². The summed E-state index contributed by atoms with van der Waals surface area (Å²) in [5.74, 6) is 0.682. The van der Waals surface area contributed by atoms with Gasteiger partial charge in [0.2, 0.25) is 5.91 Å². The van der Waals surface area contributed by atoms with E-state index >= 15 is 0 Å². The predicted octanol–water partition coefficient (Wildman–Crippen LogP) is 0.752. The van der Waals surface area contributed by atoms with Crippen molar-refractivity contribution in [3.05, 3.63) is 0 Å². The average Bonchev–Trinajstić information content (AvgIpc) is 2.58. The number of aliphatic imine (C=N–C) groups is 1. The van der Waals surface area contributed by atoms with Crippen molar-refractivity contribution in [1.82, 2.24) is 15.5 Å². The third-order valence-corrected chi connectivity index (χ3v) is 4.20. The Morgan fingerprint density at radius 3 is 2.52 bits per heavy atom. The van der Waals surface area contributed by atoms with Crippen LogP contribution in [0, 0.1) is 5.92 Å². The normalized spacial score (nSPS) is 17.6. The van der Waals surface area contributed by atoms with Crippen LogP contribution in [0.15, 0.2) is 4.99 Å². The van der Waals surface area contributed by atoms with Gasteiger partial charge in [-0.05, 0) is 26.2 Å². The lowest BCUT2D eigenvalue weighted by atomic mass is 9.97. The van der Waals surface area contributed by atoms with Crippen LogP contribution < -0.4 is 10.6 Å². The molecule has 0 spiro atoms. The summed E-state index contributed by atoms with van der Waals surface area (Å²) in [5.41, 5.74) is 0. The van der Waals surface area contributed by atoms with Crippen molar-refractivity contribution in [2.45, 2.75) is 45.6 Å². The second-order valence-electron chi connectivity index (χ2n) is 5.89. The van der Waals surface area contributed by atoms with E-state index in [4.69, 9.17) is 4.74 Å². The van der Waals surface area contributed by atoms with Crippen LogP contribution >= 0.6 is 0 Å². The number of hydrogen-bond acceptors (Lipinski definition) is 4. The highest BCUT2D eigenvalue weighted by atomic mass is 16.5. The van der Waals surface area contributed by atoms with Crippen LogP contribution in [0.2, 0.25) is 0 Å². The number of nitrogens with zero attached hydrogens (tertiary/aromatic N) is 2. The molecule has 23 heavy (non-hydrogen) atoms. The molecule has 0 bridgehead atoms. The molecule has 0 aromatic rings. The smallest absolute Gasteiger partial charge is 0.308 e. The first-order valence-electron chi connectivity index (χ1n) is 8.34. The van der Waals surface area contributed by atoms with Crippen molar-refractivity contribution in [2.24, 2.45) is 10.9 Å². The summed E-state index contributed by atoms with van der Waals surface area (Å²) >= 11 is 0. The van der Waals surface area contributed by atoms with Crippen LogP contribution in [0.3, 0.4) is 0 Å². The molecule has 0 aliphatic carbocycles. The second kappa shape index (κ2) is 10.1. The number of carbonyl (C=O) groups is 2. The molecule has 0 radical (unpaired) electrons. The zero-order chi connectivity index (χ0) is 17.2. The Morgan fingerprint density at radius 1 is 1.35 bits per heavy atom. The monoisotopic (exact) mass is 326 g/mol. The molecule has 7 heteroatoms. The van der Waals surface area contributed by atoms with Crippen LogP contribution in [-0.2, 0) is 14.3 Å². The first kappa shape index (κ1) is 19.3. The van der Waals surface area contributed by atoms with Gasteiger partial charge in [-0.3, -0.25) is 14.6 Å². The third kappa shape index (κ3) is 6.46. The standard InChI is InChI=1S/C16H30N4O3/c1-5-12(2)19-14(21)6-9-18-16(17-3)20-10-7-13(8-11-20)15(22)23-4/h12-13H,5-11H2,1-4H3,(H,17,18)(H,19,21). The molecule has 1 fully saturated rings. The number of piperidine rings is 1.